The molecule has 0 spiro atoms. The molecule has 1 aliphatic carbocycles. The molecule has 0 aromatic heterocycles. The molecule has 1 unspecified atom stereocenters. The Hall–Kier alpha value is -0.120. The maximum atomic E-state index is 9.97. The quantitative estimate of drug-likeness (QED) is 0.697. The summed E-state index contributed by atoms with van der Waals surface area (Å²) in [4.78, 5) is 2.26. The van der Waals surface area contributed by atoms with Crippen molar-refractivity contribution in [3.05, 3.63) is 0 Å². The average Bonchev–Trinajstić information content (AvgIpc) is 2.68. The highest BCUT2D eigenvalue weighted by Gasteiger charge is 2.63. The maximum Gasteiger partial charge on any atom is 0.0791 e. The van der Waals surface area contributed by atoms with Gasteiger partial charge < -0.3 is 15.3 Å². The highest BCUT2D eigenvalue weighted by molar-refractivity contribution is 5.12. The van der Waals surface area contributed by atoms with E-state index < -0.39 is 0 Å². The molecule has 0 aromatic carbocycles. The minimum atomic E-state index is -0.255. The average molecular weight is 256 g/mol. The second kappa shape index (κ2) is 5.89. The number of likely N-dealkylation sites (N-methyl/N-ethyl adjacent to an activating group) is 1. The predicted octanol–water partition coefficient (Wildman–Crippen LogP) is 1.96. The van der Waals surface area contributed by atoms with Crippen molar-refractivity contribution in [3.63, 3.8) is 0 Å². The zero-order valence-electron chi connectivity index (χ0n) is 13.1. The predicted molar refractivity (Wildman–Crippen MR) is 77.7 cm³/mol. The highest BCUT2D eigenvalue weighted by Crippen LogP contribution is 2.67. The third-order valence-electron chi connectivity index (χ3n) is 5.41. The van der Waals surface area contributed by atoms with Gasteiger partial charge in [0, 0.05) is 13.1 Å². The lowest BCUT2D eigenvalue weighted by atomic mass is 10.0. The SMILES string of the molecule is CCN(CC)CC(O)CNCC1C(C)(C)C1(C)C. The Balaban J connectivity index is 2.19. The number of hydrogen-bond donors (Lipinski definition) is 2. The minimum Gasteiger partial charge on any atom is -0.390 e. The third-order valence-corrected chi connectivity index (χ3v) is 5.41. The van der Waals surface area contributed by atoms with E-state index in [-0.39, 0.29) is 6.10 Å². The maximum absolute atomic E-state index is 9.97. The summed E-state index contributed by atoms with van der Waals surface area (Å²) in [6, 6.07) is 0. The summed E-state index contributed by atoms with van der Waals surface area (Å²) in [5, 5.41) is 13.4. The van der Waals surface area contributed by atoms with Crippen LogP contribution < -0.4 is 5.32 Å². The summed E-state index contributed by atoms with van der Waals surface area (Å²) in [5.41, 5.74) is 0.869. The second-order valence-electron chi connectivity index (χ2n) is 6.79. The van der Waals surface area contributed by atoms with E-state index in [0.29, 0.717) is 17.4 Å². The number of nitrogens with zero attached hydrogens (tertiary/aromatic N) is 1. The summed E-state index contributed by atoms with van der Waals surface area (Å²) in [6.45, 7) is 18.2. The minimum absolute atomic E-state index is 0.255. The van der Waals surface area contributed by atoms with Gasteiger partial charge in [-0.3, -0.25) is 0 Å². The number of aliphatic hydroxyl groups excluding tert-OH is 1. The van der Waals surface area contributed by atoms with Gasteiger partial charge in [0.2, 0.25) is 0 Å². The number of hydrogen-bond acceptors (Lipinski definition) is 3. The number of nitrogens with one attached hydrogen (secondary N) is 1. The molecule has 1 fully saturated rings. The summed E-state index contributed by atoms with van der Waals surface area (Å²) >= 11 is 0. The monoisotopic (exact) mass is 256 g/mol. The van der Waals surface area contributed by atoms with Crippen molar-refractivity contribution in [1.82, 2.24) is 10.2 Å². The van der Waals surface area contributed by atoms with Gasteiger partial charge in [-0.2, -0.15) is 0 Å². The van der Waals surface area contributed by atoms with E-state index in [2.05, 4.69) is 51.8 Å². The zero-order valence-corrected chi connectivity index (χ0v) is 13.1. The van der Waals surface area contributed by atoms with Crippen LogP contribution >= 0.6 is 0 Å². The Kier molecular flexibility index (Phi) is 5.22. The van der Waals surface area contributed by atoms with Gasteiger partial charge in [-0.05, 0) is 36.4 Å². The van der Waals surface area contributed by atoms with Crippen LogP contribution in [-0.2, 0) is 0 Å². The lowest BCUT2D eigenvalue weighted by molar-refractivity contribution is 0.116. The van der Waals surface area contributed by atoms with Crippen LogP contribution in [0.15, 0.2) is 0 Å². The molecular weight excluding hydrogens is 224 g/mol. The molecule has 18 heavy (non-hydrogen) atoms. The fourth-order valence-corrected chi connectivity index (χ4v) is 3.08. The molecule has 1 saturated carbocycles. The Morgan fingerprint density at radius 3 is 2.00 bits per heavy atom. The lowest BCUT2D eigenvalue weighted by Crippen LogP contribution is -2.39. The summed E-state index contributed by atoms with van der Waals surface area (Å²) in [6.07, 6.45) is -0.255. The van der Waals surface area contributed by atoms with E-state index in [1.165, 1.54) is 0 Å². The zero-order chi connectivity index (χ0) is 14.0. The molecule has 3 heteroatoms. The van der Waals surface area contributed by atoms with Crippen LogP contribution in [0.1, 0.15) is 41.5 Å². The normalized spacial score (nSPS) is 23.3. The van der Waals surface area contributed by atoms with Crippen LogP contribution in [0.4, 0.5) is 0 Å². The molecule has 0 saturated heterocycles. The van der Waals surface area contributed by atoms with Crippen molar-refractivity contribution in [1.29, 1.82) is 0 Å². The van der Waals surface area contributed by atoms with Crippen LogP contribution in [0.5, 0.6) is 0 Å². The first kappa shape index (κ1) is 15.9. The standard InChI is InChI=1S/C15H32N2O/c1-7-17(8-2)11-12(18)9-16-10-13-14(3,4)15(13,5)6/h12-13,16,18H,7-11H2,1-6H3. The molecule has 1 atom stereocenters. The van der Waals surface area contributed by atoms with Gasteiger partial charge in [-0.15, -0.1) is 0 Å². The van der Waals surface area contributed by atoms with Crippen molar-refractivity contribution >= 4 is 0 Å². The largest absolute Gasteiger partial charge is 0.390 e. The van der Waals surface area contributed by atoms with Crippen molar-refractivity contribution in [2.45, 2.75) is 47.6 Å². The molecular formula is C15H32N2O. The molecule has 0 amide bonds. The van der Waals surface area contributed by atoms with Crippen LogP contribution in [0.25, 0.3) is 0 Å². The van der Waals surface area contributed by atoms with Crippen molar-refractivity contribution in [2.24, 2.45) is 16.7 Å². The first-order valence-corrected chi connectivity index (χ1v) is 7.38. The third kappa shape index (κ3) is 3.25. The Labute approximate surface area is 113 Å². The van der Waals surface area contributed by atoms with Crippen LogP contribution in [-0.4, -0.2) is 48.8 Å². The lowest BCUT2D eigenvalue weighted by Gasteiger charge is -2.22. The fraction of sp³-hybridized carbons (Fsp3) is 1.00. The van der Waals surface area contributed by atoms with Gasteiger partial charge in [-0.1, -0.05) is 41.5 Å². The molecule has 2 N–H and O–H groups in total. The Bertz CT molecular complexity index is 245. The second-order valence-corrected chi connectivity index (χ2v) is 6.79. The molecule has 1 aliphatic rings. The number of rotatable bonds is 8. The van der Waals surface area contributed by atoms with Crippen LogP contribution in [0, 0.1) is 16.7 Å². The summed E-state index contributed by atoms with van der Waals surface area (Å²) in [7, 11) is 0. The van der Waals surface area contributed by atoms with E-state index in [1.807, 2.05) is 0 Å². The van der Waals surface area contributed by atoms with Gasteiger partial charge in [0.15, 0.2) is 0 Å². The van der Waals surface area contributed by atoms with E-state index >= 15 is 0 Å². The van der Waals surface area contributed by atoms with Crippen LogP contribution in [0.2, 0.25) is 0 Å². The molecule has 3 nitrogen and oxygen atoms in total. The van der Waals surface area contributed by atoms with Crippen LogP contribution in [0.3, 0.4) is 0 Å². The Morgan fingerprint density at radius 1 is 1.11 bits per heavy atom. The molecule has 0 bridgehead atoms. The van der Waals surface area contributed by atoms with E-state index in [9.17, 15) is 5.11 Å². The van der Waals surface area contributed by atoms with Gasteiger partial charge in [0.05, 0.1) is 6.10 Å². The molecule has 108 valence electrons. The van der Waals surface area contributed by atoms with E-state index in [0.717, 1.165) is 32.1 Å². The number of aliphatic hydroxyl groups is 1. The first-order chi connectivity index (χ1) is 8.27. The molecule has 0 aliphatic heterocycles. The smallest absolute Gasteiger partial charge is 0.0791 e. The van der Waals surface area contributed by atoms with E-state index in [1.54, 1.807) is 0 Å². The van der Waals surface area contributed by atoms with Crippen molar-refractivity contribution < 1.29 is 5.11 Å². The van der Waals surface area contributed by atoms with Gasteiger partial charge in [0.25, 0.3) is 0 Å². The topological polar surface area (TPSA) is 35.5 Å². The van der Waals surface area contributed by atoms with Crippen molar-refractivity contribution in [2.75, 3.05) is 32.7 Å². The molecule has 0 heterocycles. The van der Waals surface area contributed by atoms with Crippen molar-refractivity contribution in [3.8, 4) is 0 Å². The molecule has 0 aromatic rings. The summed E-state index contributed by atoms with van der Waals surface area (Å²) < 4.78 is 0. The van der Waals surface area contributed by atoms with E-state index in [4.69, 9.17) is 0 Å². The van der Waals surface area contributed by atoms with Gasteiger partial charge >= 0.3 is 0 Å². The molecule has 0 radical (unpaired) electrons. The van der Waals surface area contributed by atoms with Gasteiger partial charge in [0.1, 0.15) is 0 Å². The fourth-order valence-electron chi connectivity index (χ4n) is 3.08. The van der Waals surface area contributed by atoms with Gasteiger partial charge in [-0.25, -0.2) is 0 Å². The summed E-state index contributed by atoms with van der Waals surface area (Å²) in [5.74, 6) is 0.727. The molecule has 1 rings (SSSR count). The first-order valence-electron chi connectivity index (χ1n) is 7.38. The highest BCUT2D eigenvalue weighted by atomic mass is 16.3. The Morgan fingerprint density at radius 2 is 1.61 bits per heavy atom.